The third-order valence-electron chi connectivity index (χ3n) is 2.86. The fourth-order valence-electron chi connectivity index (χ4n) is 1.56. The predicted octanol–water partition coefficient (Wildman–Crippen LogP) is 2.58. The lowest BCUT2D eigenvalue weighted by molar-refractivity contribution is -0.140. The summed E-state index contributed by atoms with van der Waals surface area (Å²) in [6, 6.07) is 0.749. The largest absolute Gasteiger partial charge is 0.480 e. The second-order valence-corrected chi connectivity index (χ2v) is 5.02. The molecule has 0 aliphatic carbocycles. The van der Waals surface area contributed by atoms with Crippen molar-refractivity contribution in [2.45, 2.75) is 33.2 Å². The summed E-state index contributed by atoms with van der Waals surface area (Å²) >= 11 is 3.13. The highest BCUT2D eigenvalue weighted by atomic mass is 79.9. The third-order valence-corrected chi connectivity index (χ3v) is 3.25. The Morgan fingerprint density at radius 3 is 2.56 bits per heavy atom. The summed E-state index contributed by atoms with van der Waals surface area (Å²) in [5.41, 5.74) is 0.660. The molecular formula is C12H16BrNO4. The number of aliphatic carboxylic acids is 1. The number of carboxylic acids is 1. The molecule has 0 fully saturated rings. The topological polar surface area (TPSA) is 79.5 Å². The van der Waals surface area contributed by atoms with Gasteiger partial charge in [0.15, 0.2) is 10.4 Å². The molecule has 100 valence electrons. The lowest BCUT2D eigenvalue weighted by Crippen LogP contribution is -2.45. The number of carboxylic acid groups (broad SMARTS) is 1. The van der Waals surface area contributed by atoms with Crippen LogP contribution in [0, 0.1) is 12.8 Å². The quantitative estimate of drug-likeness (QED) is 0.874. The monoisotopic (exact) mass is 317 g/mol. The van der Waals surface area contributed by atoms with Gasteiger partial charge in [-0.2, -0.15) is 0 Å². The fraction of sp³-hybridized carbons (Fsp3) is 0.500. The van der Waals surface area contributed by atoms with Crippen molar-refractivity contribution >= 4 is 27.8 Å². The summed E-state index contributed by atoms with van der Waals surface area (Å²) in [5, 5.41) is 11.6. The second kappa shape index (κ2) is 6.04. The number of rotatable bonds is 5. The molecule has 2 atom stereocenters. The Kier molecular flexibility index (Phi) is 4.95. The maximum atomic E-state index is 11.9. The third kappa shape index (κ3) is 3.35. The number of hydrogen-bond donors (Lipinski definition) is 2. The van der Waals surface area contributed by atoms with Gasteiger partial charge in [0.1, 0.15) is 6.04 Å². The first kappa shape index (κ1) is 14.8. The molecular weight excluding hydrogens is 302 g/mol. The van der Waals surface area contributed by atoms with Crippen molar-refractivity contribution in [1.29, 1.82) is 0 Å². The van der Waals surface area contributed by atoms with E-state index >= 15 is 0 Å². The van der Waals surface area contributed by atoms with Crippen molar-refractivity contribution < 1.29 is 19.1 Å². The van der Waals surface area contributed by atoms with Crippen LogP contribution in [0.5, 0.6) is 0 Å². The van der Waals surface area contributed by atoms with E-state index in [0.717, 1.165) is 0 Å². The Balaban J connectivity index is 2.85. The number of carbonyl (C=O) groups is 2. The zero-order chi connectivity index (χ0) is 13.9. The predicted molar refractivity (Wildman–Crippen MR) is 69.5 cm³/mol. The highest BCUT2D eigenvalue weighted by molar-refractivity contribution is 9.10. The van der Waals surface area contributed by atoms with Crippen LogP contribution in [-0.4, -0.2) is 23.0 Å². The maximum Gasteiger partial charge on any atom is 0.326 e. The summed E-state index contributed by atoms with van der Waals surface area (Å²) < 4.78 is 5.63. The fourth-order valence-corrected chi connectivity index (χ4v) is 2.06. The molecule has 1 aromatic rings. The highest BCUT2D eigenvalue weighted by Crippen LogP contribution is 2.20. The molecule has 0 saturated heterocycles. The van der Waals surface area contributed by atoms with Crippen LogP contribution in [0.2, 0.25) is 0 Å². The van der Waals surface area contributed by atoms with Gasteiger partial charge in [0, 0.05) is 5.56 Å². The molecule has 6 heteroatoms. The SMILES string of the molecule is CCC(C)C(NC(=O)c1oc(Br)cc1C)C(=O)O. The highest BCUT2D eigenvalue weighted by Gasteiger charge is 2.27. The summed E-state index contributed by atoms with van der Waals surface area (Å²) in [6.45, 7) is 5.38. The standard InChI is InChI=1S/C12H16BrNO4/c1-4-6(2)9(12(16)17)14-11(15)10-7(3)5-8(13)18-10/h5-6,9H,4H2,1-3H3,(H,14,15)(H,16,17). The van der Waals surface area contributed by atoms with Crippen LogP contribution >= 0.6 is 15.9 Å². The summed E-state index contributed by atoms with van der Waals surface area (Å²) in [5.74, 6) is -1.56. The van der Waals surface area contributed by atoms with Gasteiger partial charge in [-0.3, -0.25) is 4.79 Å². The minimum atomic E-state index is -1.04. The van der Waals surface area contributed by atoms with Crippen LogP contribution in [0.4, 0.5) is 0 Å². The number of hydrogen-bond acceptors (Lipinski definition) is 3. The van der Waals surface area contributed by atoms with Gasteiger partial charge < -0.3 is 14.8 Å². The van der Waals surface area contributed by atoms with Crippen molar-refractivity contribution in [3.63, 3.8) is 0 Å². The molecule has 0 aromatic carbocycles. The summed E-state index contributed by atoms with van der Waals surface area (Å²) in [6.07, 6.45) is 0.665. The number of carbonyl (C=O) groups excluding carboxylic acids is 1. The van der Waals surface area contributed by atoms with Crippen LogP contribution < -0.4 is 5.32 Å². The molecule has 1 aromatic heterocycles. The number of amides is 1. The van der Waals surface area contributed by atoms with Gasteiger partial charge in [0.25, 0.3) is 5.91 Å². The molecule has 0 bridgehead atoms. The maximum absolute atomic E-state index is 11.9. The Labute approximate surface area is 114 Å². The number of aryl methyl sites for hydroxylation is 1. The minimum Gasteiger partial charge on any atom is -0.480 e. The van der Waals surface area contributed by atoms with Crippen molar-refractivity contribution in [1.82, 2.24) is 5.32 Å². The number of furan rings is 1. The number of nitrogens with one attached hydrogen (secondary N) is 1. The molecule has 2 N–H and O–H groups in total. The van der Waals surface area contributed by atoms with E-state index in [1.165, 1.54) is 0 Å². The zero-order valence-corrected chi connectivity index (χ0v) is 12.1. The molecule has 0 aliphatic rings. The van der Waals surface area contributed by atoms with E-state index in [2.05, 4.69) is 21.2 Å². The average Bonchev–Trinajstić information content (AvgIpc) is 2.63. The van der Waals surface area contributed by atoms with Crippen LogP contribution in [0.3, 0.4) is 0 Å². The van der Waals surface area contributed by atoms with E-state index in [1.807, 2.05) is 6.92 Å². The first-order chi connectivity index (χ1) is 8.36. The molecule has 18 heavy (non-hydrogen) atoms. The Hall–Kier alpha value is -1.30. The Morgan fingerprint density at radius 2 is 2.17 bits per heavy atom. The van der Waals surface area contributed by atoms with E-state index in [4.69, 9.17) is 9.52 Å². The van der Waals surface area contributed by atoms with Gasteiger partial charge in [-0.1, -0.05) is 20.3 Å². The first-order valence-electron chi connectivity index (χ1n) is 5.66. The van der Waals surface area contributed by atoms with E-state index in [1.54, 1.807) is 19.9 Å². The van der Waals surface area contributed by atoms with E-state index in [-0.39, 0.29) is 11.7 Å². The van der Waals surface area contributed by atoms with Gasteiger partial charge in [-0.25, -0.2) is 4.79 Å². The molecule has 1 heterocycles. The molecule has 5 nitrogen and oxygen atoms in total. The van der Waals surface area contributed by atoms with Gasteiger partial charge in [-0.05, 0) is 34.8 Å². The second-order valence-electron chi connectivity index (χ2n) is 4.24. The van der Waals surface area contributed by atoms with Crippen molar-refractivity contribution in [2.75, 3.05) is 0 Å². The zero-order valence-electron chi connectivity index (χ0n) is 10.5. The summed E-state index contributed by atoms with van der Waals surface area (Å²) in [7, 11) is 0. The van der Waals surface area contributed by atoms with Crippen LogP contribution in [-0.2, 0) is 4.79 Å². The van der Waals surface area contributed by atoms with Crippen molar-refractivity contribution in [3.8, 4) is 0 Å². The van der Waals surface area contributed by atoms with Gasteiger partial charge >= 0.3 is 5.97 Å². The first-order valence-corrected chi connectivity index (χ1v) is 6.45. The van der Waals surface area contributed by atoms with E-state index in [0.29, 0.717) is 16.7 Å². The van der Waals surface area contributed by atoms with Crippen molar-refractivity contribution in [2.24, 2.45) is 5.92 Å². The molecule has 0 spiro atoms. The molecule has 0 aliphatic heterocycles. The van der Waals surface area contributed by atoms with Crippen LogP contribution in [0.15, 0.2) is 15.2 Å². The Morgan fingerprint density at radius 1 is 1.56 bits per heavy atom. The molecule has 1 rings (SSSR count). The normalized spacial score (nSPS) is 14.0. The molecule has 0 saturated carbocycles. The minimum absolute atomic E-state index is 0.136. The lowest BCUT2D eigenvalue weighted by atomic mass is 9.99. The molecule has 1 amide bonds. The smallest absolute Gasteiger partial charge is 0.326 e. The number of halogens is 1. The molecule has 0 radical (unpaired) electrons. The van der Waals surface area contributed by atoms with Crippen LogP contribution in [0.1, 0.15) is 36.4 Å². The average molecular weight is 318 g/mol. The molecule has 2 unspecified atom stereocenters. The van der Waals surface area contributed by atoms with Gasteiger partial charge in [-0.15, -0.1) is 0 Å². The van der Waals surface area contributed by atoms with Gasteiger partial charge in [0.2, 0.25) is 0 Å². The summed E-state index contributed by atoms with van der Waals surface area (Å²) in [4.78, 5) is 23.0. The lowest BCUT2D eigenvalue weighted by Gasteiger charge is -2.19. The van der Waals surface area contributed by atoms with Gasteiger partial charge in [0.05, 0.1) is 0 Å². The van der Waals surface area contributed by atoms with E-state index < -0.39 is 17.9 Å². The Bertz CT molecular complexity index is 455. The van der Waals surface area contributed by atoms with Crippen molar-refractivity contribution in [3.05, 3.63) is 22.1 Å². The van der Waals surface area contributed by atoms with Crippen LogP contribution in [0.25, 0.3) is 0 Å². The van der Waals surface area contributed by atoms with E-state index in [9.17, 15) is 9.59 Å².